The number of fused-ring (bicyclic) bond motifs is 1. The van der Waals surface area contributed by atoms with Gasteiger partial charge in [0.15, 0.2) is 0 Å². The third kappa shape index (κ3) is 1.43. The van der Waals surface area contributed by atoms with Gasteiger partial charge in [0.05, 0.1) is 11.7 Å². The van der Waals surface area contributed by atoms with Crippen molar-refractivity contribution in [2.75, 3.05) is 0 Å². The van der Waals surface area contributed by atoms with Crippen LogP contribution in [0.25, 0.3) is 0 Å². The van der Waals surface area contributed by atoms with Crippen LogP contribution in [0.4, 0.5) is 0 Å². The fourth-order valence-electron chi connectivity index (χ4n) is 2.86. The minimum atomic E-state index is 0.467. The average Bonchev–Trinajstić information content (AvgIpc) is 2.89. The Labute approximate surface area is 95.3 Å². The van der Waals surface area contributed by atoms with Crippen LogP contribution in [0, 0.1) is 11.3 Å². The van der Waals surface area contributed by atoms with E-state index in [1.54, 1.807) is 0 Å². The van der Waals surface area contributed by atoms with Gasteiger partial charge >= 0.3 is 0 Å². The number of nitrogens with one attached hydrogen (secondary N) is 1. The Hall–Kier alpha value is -1.34. The van der Waals surface area contributed by atoms with Gasteiger partial charge < -0.3 is 5.32 Å². The summed E-state index contributed by atoms with van der Waals surface area (Å²) in [4.78, 5) is 0. The Balaban J connectivity index is 1.97. The molecule has 0 radical (unpaired) electrons. The van der Waals surface area contributed by atoms with Crippen LogP contribution < -0.4 is 5.32 Å². The summed E-state index contributed by atoms with van der Waals surface area (Å²) in [5.41, 5.74) is 3.02. The quantitative estimate of drug-likeness (QED) is 0.779. The molecule has 84 valence electrons. The van der Waals surface area contributed by atoms with Gasteiger partial charge in [-0.05, 0) is 12.8 Å². The molecule has 0 bridgehead atoms. The second kappa shape index (κ2) is 3.91. The maximum atomic E-state index is 9.26. The normalized spacial score (nSPS) is 20.7. The molecule has 1 fully saturated rings. The molecule has 2 heterocycles. The van der Waals surface area contributed by atoms with Crippen molar-refractivity contribution in [3.63, 3.8) is 0 Å². The molecular weight excluding hydrogens is 200 g/mol. The van der Waals surface area contributed by atoms with Crippen molar-refractivity contribution in [1.82, 2.24) is 15.1 Å². The van der Waals surface area contributed by atoms with Gasteiger partial charge in [-0.2, -0.15) is 10.4 Å². The summed E-state index contributed by atoms with van der Waals surface area (Å²) in [5, 5.41) is 17.1. The first-order chi connectivity index (χ1) is 7.90. The molecule has 0 saturated heterocycles. The van der Waals surface area contributed by atoms with Gasteiger partial charge in [0.1, 0.15) is 11.8 Å². The van der Waals surface area contributed by atoms with Gasteiger partial charge in [-0.3, -0.25) is 4.68 Å². The highest BCUT2D eigenvalue weighted by Crippen LogP contribution is 2.31. The molecule has 0 atom stereocenters. The van der Waals surface area contributed by atoms with E-state index in [4.69, 9.17) is 0 Å². The Bertz CT molecular complexity index is 435. The monoisotopic (exact) mass is 216 g/mol. The van der Waals surface area contributed by atoms with Gasteiger partial charge in [0.2, 0.25) is 0 Å². The summed E-state index contributed by atoms with van der Waals surface area (Å²) in [6.45, 7) is 1.63. The molecule has 1 saturated carbocycles. The molecule has 0 amide bonds. The SMILES string of the molecule is N#Cc1c2c(nn1C1CCCCC1)CNC2. The van der Waals surface area contributed by atoms with Crippen LogP contribution in [-0.4, -0.2) is 9.78 Å². The van der Waals surface area contributed by atoms with E-state index in [0.29, 0.717) is 6.04 Å². The number of hydrogen-bond acceptors (Lipinski definition) is 3. The minimum Gasteiger partial charge on any atom is -0.307 e. The van der Waals surface area contributed by atoms with Crippen LogP contribution in [0.3, 0.4) is 0 Å². The van der Waals surface area contributed by atoms with Gasteiger partial charge in [-0.15, -0.1) is 0 Å². The van der Waals surface area contributed by atoms with E-state index in [0.717, 1.165) is 30.0 Å². The van der Waals surface area contributed by atoms with E-state index < -0.39 is 0 Å². The van der Waals surface area contributed by atoms with E-state index in [9.17, 15) is 5.26 Å². The second-order valence-electron chi connectivity index (χ2n) is 4.73. The molecule has 0 unspecified atom stereocenters. The number of nitriles is 1. The number of aromatic nitrogens is 2. The van der Waals surface area contributed by atoms with Crippen LogP contribution in [-0.2, 0) is 13.1 Å². The summed E-state index contributed by atoms with van der Waals surface area (Å²) in [7, 11) is 0. The summed E-state index contributed by atoms with van der Waals surface area (Å²) >= 11 is 0. The lowest BCUT2D eigenvalue weighted by Crippen LogP contribution is -2.17. The van der Waals surface area contributed by atoms with Crippen molar-refractivity contribution in [3.05, 3.63) is 17.0 Å². The lowest BCUT2D eigenvalue weighted by molar-refractivity contribution is 0.325. The van der Waals surface area contributed by atoms with E-state index in [1.807, 2.05) is 4.68 Å². The number of hydrogen-bond donors (Lipinski definition) is 1. The Morgan fingerprint density at radius 1 is 1.25 bits per heavy atom. The standard InChI is InChI=1S/C12H16N4/c13-6-12-10-7-14-8-11(10)15-16(12)9-4-2-1-3-5-9/h9,14H,1-5,7-8H2. The van der Waals surface area contributed by atoms with E-state index in [-0.39, 0.29) is 0 Å². The van der Waals surface area contributed by atoms with Crippen LogP contribution in [0.2, 0.25) is 0 Å². The summed E-state index contributed by atoms with van der Waals surface area (Å²) in [5.74, 6) is 0. The Morgan fingerprint density at radius 2 is 2.06 bits per heavy atom. The molecule has 1 aliphatic heterocycles. The summed E-state index contributed by atoms with van der Waals surface area (Å²) in [6.07, 6.45) is 6.25. The zero-order chi connectivity index (χ0) is 11.0. The summed E-state index contributed by atoms with van der Waals surface area (Å²) in [6, 6.07) is 2.80. The average molecular weight is 216 g/mol. The van der Waals surface area contributed by atoms with Crippen molar-refractivity contribution >= 4 is 0 Å². The van der Waals surface area contributed by atoms with Crippen molar-refractivity contribution in [2.24, 2.45) is 0 Å². The lowest BCUT2D eigenvalue weighted by atomic mass is 9.95. The summed E-state index contributed by atoms with van der Waals surface area (Å²) < 4.78 is 2.00. The maximum Gasteiger partial charge on any atom is 0.143 e. The van der Waals surface area contributed by atoms with Crippen molar-refractivity contribution in [2.45, 2.75) is 51.2 Å². The van der Waals surface area contributed by atoms with Crippen LogP contribution in [0.15, 0.2) is 0 Å². The van der Waals surface area contributed by atoms with Gasteiger partial charge in [-0.25, -0.2) is 0 Å². The number of rotatable bonds is 1. The highest BCUT2D eigenvalue weighted by atomic mass is 15.3. The molecule has 4 nitrogen and oxygen atoms in total. The molecule has 1 aromatic rings. The fraction of sp³-hybridized carbons (Fsp3) is 0.667. The molecule has 3 rings (SSSR count). The van der Waals surface area contributed by atoms with Gasteiger partial charge in [-0.1, -0.05) is 19.3 Å². The molecule has 4 heteroatoms. The van der Waals surface area contributed by atoms with Crippen molar-refractivity contribution in [1.29, 1.82) is 5.26 Å². The smallest absolute Gasteiger partial charge is 0.143 e. The zero-order valence-corrected chi connectivity index (χ0v) is 9.37. The third-order valence-corrected chi connectivity index (χ3v) is 3.71. The zero-order valence-electron chi connectivity index (χ0n) is 9.37. The first kappa shape index (κ1) is 9.86. The molecule has 1 N–H and O–H groups in total. The molecule has 0 spiro atoms. The molecule has 16 heavy (non-hydrogen) atoms. The minimum absolute atomic E-state index is 0.467. The molecular formula is C12H16N4. The van der Waals surface area contributed by atoms with E-state index in [2.05, 4.69) is 16.5 Å². The fourth-order valence-corrected chi connectivity index (χ4v) is 2.86. The van der Waals surface area contributed by atoms with Gasteiger partial charge in [0.25, 0.3) is 0 Å². The lowest BCUT2D eigenvalue weighted by Gasteiger charge is -2.22. The van der Waals surface area contributed by atoms with Crippen molar-refractivity contribution < 1.29 is 0 Å². The third-order valence-electron chi connectivity index (χ3n) is 3.71. The first-order valence-electron chi connectivity index (χ1n) is 6.11. The Morgan fingerprint density at radius 3 is 2.81 bits per heavy atom. The van der Waals surface area contributed by atoms with Crippen LogP contribution in [0.1, 0.15) is 55.1 Å². The predicted molar refractivity (Wildman–Crippen MR) is 59.6 cm³/mol. The topological polar surface area (TPSA) is 53.6 Å². The van der Waals surface area contributed by atoms with E-state index >= 15 is 0 Å². The predicted octanol–water partition coefficient (Wildman–Crippen LogP) is 1.86. The molecule has 1 aromatic heterocycles. The Kier molecular flexibility index (Phi) is 2.41. The highest BCUT2D eigenvalue weighted by molar-refractivity contribution is 5.38. The molecule has 2 aliphatic rings. The largest absolute Gasteiger partial charge is 0.307 e. The highest BCUT2D eigenvalue weighted by Gasteiger charge is 2.26. The van der Waals surface area contributed by atoms with Crippen LogP contribution in [0.5, 0.6) is 0 Å². The van der Waals surface area contributed by atoms with Crippen LogP contribution >= 0.6 is 0 Å². The molecule has 1 aliphatic carbocycles. The van der Waals surface area contributed by atoms with Crippen molar-refractivity contribution in [3.8, 4) is 6.07 Å². The molecule has 0 aromatic carbocycles. The van der Waals surface area contributed by atoms with E-state index in [1.165, 1.54) is 32.1 Å². The first-order valence-corrected chi connectivity index (χ1v) is 6.11. The number of nitrogens with zero attached hydrogens (tertiary/aromatic N) is 3. The maximum absolute atomic E-state index is 9.26. The van der Waals surface area contributed by atoms with Gasteiger partial charge in [0, 0.05) is 18.7 Å². The second-order valence-corrected chi connectivity index (χ2v) is 4.73.